The molecule has 45 heavy (non-hydrogen) atoms. The lowest BCUT2D eigenvalue weighted by molar-refractivity contribution is -0.274. The van der Waals surface area contributed by atoms with E-state index in [1.807, 2.05) is 0 Å². The van der Waals surface area contributed by atoms with Crippen LogP contribution in [-0.4, -0.2) is 46.0 Å². The number of ether oxygens (including phenoxy) is 1. The quantitative estimate of drug-likeness (QED) is 0.208. The number of tetrazole rings is 1. The van der Waals surface area contributed by atoms with Crippen LogP contribution in [0.3, 0.4) is 0 Å². The molecule has 5 rings (SSSR count). The van der Waals surface area contributed by atoms with Crippen molar-refractivity contribution >= 4 is 6.08 Å². The van der Waals surface area contributed by atoms with E-state index in [4.69, 9.17) is 0 Å². The van der Waals surface area contributed by atoms with Crippen molar-refractivity contribution in [3.8, 4) is 11.4 Å². The maximum atomic E-state index is 14.9. The van der Waals surface area contributed by atoms with Crippen molar-refractivity contribution < 1.29 is 31.8 Å². The SMILES string of the molecule is C[C@@H](C/C=C/c1ccccc1-n1nnn(Cc2ccc(OC(F)(F)F)cc2)c1=O)[C@](O)(Cn1cncn1)c1ccc(F)cc1F. The first-order valence-electron chi connectivity index (χ1n) is 13.6. The minimum Gasteiger partial charge on any atom is -0.406 e. The Morgan fingerprint density at radius 2 is 1.78 bits per heavy atom. The summed E-state index contributed by atoms with van der Waals surface area (Å²) in [6.45, 7) is 1.52. The fourth-order valence-corrected chi connectivity index (χ4v) is 4.82. The Labute approximate surface area is 252 Å². The topological polar surface area (TPSA) is 113 Å². The molecule has 0 aliphatic carbocycles. The van der Waals surface area contributed by atoms with E-state index in [9.17, 15) is 31.9 Å². The second-order valence-corrected chi connectivity index (χ2v) is 10.3. The van der Waals surface area contributed by atoms with Crippen LogP contribution in [0.4, 0.5) is 22.0 Å². The molecule has 5 aromatic rings. The Hall–Kier alpha value is -5.18. The number of halogens is 5. The largest absolute Gasteiger partial charge is 0.573 e. The number of aliphatic hydroxyl groups is 1. The molecule has 15 heteroatoms. The minimum atomic E-state index is -4.82. The summed E-state index contributed by atoms with van der Waals surface area (Å²) in [5.41, 5.74) is -0.988. The van der Waals surface area contributed by atoms with Crippen molar-refractivity contribution in [2.24, 2.45) is 5.92 Å². The van der Waals surface area contributed by atoms with E-state index < -0.39 is 41.0 Å². The number of rotatable bonds is 11. The number of hydrogen-bond acceptors (Lipinski definition) is 7. The predicted octanol–water partition coefficient (Wildman–Crippen LogP) is 4.87. The van der Waals surface area contributed by atoms with E-state index in [1.165, 1.54) is 35.5 Å². The van der Waals surface area contributed by atoms with E-state index in [0.29, 0.717) is 22.9 Å². The van der Waals surface area contributed by atoms with Gasteiger partial charge in [-0.05, 0) is 52.6 Å². The second kappa shape index (κ2) is 12.8. The Bertz CT molecular complexity index is 1840. The second-order valence-electron chi connectivity index (χ2n) is 10.3. The van der Waals surface area contributed by atoms with Crippen LogP contribution in [0.2, 0.25) is 0 Å². The van der Waals surface area contributed by atoms with Crippen LogP contribution in [0, 0.1) is 17.6 Å². The lowest BCUT2D eigenvalue weighted by Gasteiger charge is -2.34. The number of alkyl halides is 3. The summed E-state index contributed by atoms with van der Waals surface area (Å²) in [5.74, 6) is -2.66. The highest BCUT2D eigenvalue weighted by Crippen LogP contribution is 2.36. The molecule has 10 nitrogen and oxygen atoms in total. The Morgan fingerprint density at radius 3 is 2.47 bits per heavy atom. The molecule has 0 spiro atoms. The van der Waals surface area contributed by atoms with E-state index >= 15 is 0 Å². The van der Waals surface area contributed by atoms with Crippen molar-refractivity contribution in [2.75, 3.05) is 0 Å². The first-order valence-corrected chi connectivity index (χ1v) is 13.6. The monoisotopic (exact) mass is 627 g/mol. The van der Waals surface area contributed by atoms with Crippen molar-refractivity contribution in [1.29, 1.82) is 0 Å². The molecule has 3 aromatic carbocycles. The number of para-hydroxylation sites is 1. The zero-order valence-corrected chi connectivity index (χ0v) is 23.6. The van der Waals surface area contributed by atoms with Crippen LogP contribution >= 0.6 is 0 Å². The number of allylic oxidation sites excluding steroid dienone is 1. The molecule has 0 radical (unpaired) electrons. The average molecular weight is 628 g/mol. The van der Waals surface area contributed by atoms with E-state index in [0.717, 1.165) is 27.6 Å². The molecule has 0 unspecified atom stereocenters. The highest BCUT2D eigenvalue weighted by Gasteiger charge is 2.38. The zero-order chi connectivity index (χ0) is 32.2. The van der Waals surface area contributed by atoms with Gasteiger partial charge in [0.2, 0.25) is 0 Å². The maximum absolute atomic E-state index is 14.9. The normalized spacial score (nSPS) is 14.0. The maximum Gasteiger partial charge on any atom is 0.573 e. The molecule has 1 N–H and O–H groups in total. The van der Waals surface area contributed by atoms with Crippen molar-refractivity contribution in [3.05, 3.63) is 124 Å². The van der Waals surface area contributed by atoms with Gasteiger partial charge >= 0.3 is 12.1 Å². The van der Waals surface area contributed by atoms with Gasteiger partial charge in [0, 0.05) is 17.2 Å². The molecule has 234 valence electrons. The first kappa shape index (κ1) is 31.3. The van der Waals surface area contributed by atoms with Crippen LogP contribution in [0.1, 0.15) is 30.0 Å². The lowest BCUT2D eigenvalue weighted by atomic mass is 9.80. The van der Waals surface area contributed by atoms with E-state index in [2.05, 4.69) is 25.2 Å². The fraction of sp³-hybridized carbons (Fsp3) is 0.233. The van der Waals surface area contributed by atoms with Gasteiger partial charge in [-0.3, -0.25) is 0 Å². The highest BCUT2D eigenvalue weighted by molar-refractivity contribution is 5.60. The van der Waals surface area contributed by atoms with Crippen molar-refractivity contribution in [3.63, 3.8) is 0 Å². The van der Waals surface area contributed by atoms with Gasteiger partial charge < -0.3 is 9.84 Å². The van der Waals surface area contributed by atoms with Crippen LogP contribution in [0.15, 0.2) is 90.3 Å². The lowest BCUT2D eigenvalue weighted by Crippen LogP contribution is -2.39. The van der Waals surface area contributed by atoms with Gasteiger partial charge in [-0.2, -0.15) is 14.5 Å². The van der Waals surface area contributed by atoms with Gasteiger partial charge in [-0.15, -0.1) is 13.2 Å². The predicted molar refractivity (Wildman–Crippen MR) is 151 cm³/mol. The van der Waals surface area contributed by atoms with Gasteiger partial charge in [-0.1, -0.05) is 55.5 Å². The molecule has 0 amide bonds. The standard InChI is InChI=1S/C30H26F5N7O3/c1-20(29(44,17-40-19-36-18-37-40)25-14-11-23(31)15-26(25)32)5-4-7-22-6-2-3-8-27(22)42-28(43)41(38-39-42)16-21-9-12-24(13-10-21)45-30(33,34)35/h2-4,6-15,18-20,44H,5,16-17H2,1H3/b7-4+/t20-,29+/m0/s1. The van der Waals surface area contributed by atoms with Gasteiger partial charge in [0.05, 0.1) is 18.8 Å². The summed E-state index contributed by atoms with van der Waals surface area (Å²) >= 11 is 0. The van der Waals surface area contributed by atoms with Gasteiger partial charge in [0.1, 0.15) is 35.6 Å². The molecule has 2 heterocycles. The average Bonchev–Trinajstić information content (AvgIpc) is 3.63. The van der Waals surface area contributed by atoms with Crippen LogP contribution in [0.25, 0.3) is 11.8 Å². The molecular formula is C30H26F5N7O3. The third-order valence-electron chi connectivity index (χ3n) is 7.16. The number of benzene rings is 3. The van der Waals surface area contributed by atoms with Gasteiger partial charge in [0.25, 0.3) is 0 Å². The third kappa shape index (κ3) is 7.32. The molecular weight excluding hydrogens is 601 g/mol. The van der Waals surface area contributed by atoms with Gasteiger partial charge in [0.15, 0.2) is 0 Å². The van der Waals surface area contributed by atoms with E-state index in [1.54, 1.807) is 43.3 Å². The van der Waals surface area contributed by atoms with Crippen LogP contribution in [0.5, 0.6) is 5.75 Å². The summed E-state index contributed by atoms with van der Waals surface area (Å²) in [5, 5.41) is 23.6. The Kier molecular flexibility index (Phi) is 8.90. The summed E-state index contributed by atoms with van der Waals surface area (Å²) in [4.78, 5) is 17.0. The van der Waals surface area contributed by atoms with E-state index in [-0.39, 0.29) is 25.1 Å². The smallest absolute Gasteiger partial charge is 0.406 e. The molecule has 0 saturated carbocycles. The summed E-state index contributed by atoms with van der Waals surface area (Å²) in [6.07, 6.45) is 1.55. The molecule has 0 aliphatic rings. The third-order valence-corrected chi connectivity index (χ3v) is 7.16. The molecule has 2 atom stereocenters. The highest BCUT2D eigenvalue weighted by atomic mass is 19.4. The first-order chi connectivity index (χ1) is 21.4. The molecule has 0 bridgehead atoms. The molecule has 0 saturated heterocycles. The number of aromatic nitrogens is 7. The van der Waals surface area contributed by atoms with Gasteiger partial charge in [-0.25, -0.2) is 23.2 Å². The summed E-state index contributed by atoms with van der Waals surface area (Å²) in [7, 11) is 0. The zero-order valence-electron chi connectivity index (χ0n) is 23.6. The molecule has 0 aliphatic heterocycles. The minimum absolute atomic E-state index is 0.0506. The van der Waals surface area contributed by atoms with Crippen LogP contribution < -0.4 is 10.4 Å². The Morgan fingerprint density at radius 1 is 1.02 bits per heavy atom. The summed E-state index contributed by atoms with van der Waals surface area (Å²) in [6, 6.07) is 14.9. The number of hydrogen-bond donors (Lipinski definition) is 1. The molecule has 0 fully saturated rings. The fourth-order valence-electron chi connectivity index (χ4n) is 4.82. The van der Waals surface area contributed by atoms with Crippen molar-refractivity contribution in [1.82, 2.24) is 34.6 Å². The summed E-state index contributed by atoms with van der Waals surface area (Å²) < 4.78 is 73.2. The Balaban J connectivity index is 1.35. The molecule has 2 aromatic heterocycles. The van der Waals surface area contributed by atoms with Crippen LogP contribution in [-0.2, 0) is 18.7 Å². The number of nitrogens with zero attached hydrogens (tertiary/aromatic N) is 7. The van der Waals surface area contributed by atoms with Crippen molar-refractivity contribution in [2.45, 2.75) is 38.4 Å².